The van der Waals surface area contributed by atoms with E-state index in [0.29, 0.717) is 32.4 Å². The number of aliphatic hydroxyl groups is 1. The summed E-state index contributed by atoms with van der Waals surface area (Å²) in [7, 11) is 1.41. The molecule has 0 saturated carbocycles. The first kappa shape index (κ1) is 46.6. The molecule has 3 aliphatic heterocycles. The number of ether oxygens (including phenoxy) is 5. The molecule has 3 aliphatic rings. The number of rotatable bonds is 11. The van der Waals surface area contributed by atoms with Crippen molar-refractivity contribution >= 4 is 34.7 Å². The third-order valence-electron chi connectivity index (χ3n) is 13.3. The first-order valence-electron chi connectivity index (χ1n) is 21.3. The molecule has 3 fully saturated rings. The van der Waals surface area contributed by atoms with Crippen LogP contribution in [0, 0.1) is 31.6 Å². The second kappa shape index (κ2) is 18.2. The minimum Gasteiger partial charge on any atom is -0.455 e. The highest BCUT2D eigenvalue weighted by Gasteiger charge is 2.61. The lowest BCUT2D eigenvalue weighted by molar-refractivity contribution is -0.290. The maximum Gasteiger partial charge on any atom is 0.410 e. The van der Waals surface area contributed by atoms with Gasteiger partial charge in [0.05, 0.1) is 41.2 Å². The van der Waals surface area contributed by atoms with Crippen LogP contribution in [-0.4, -0.2) is 123 Å². The Hall–Kier alpha value is -3.50. The number of halogens is 1. The van der Waals surface area contributed by atoms with Gasteiger partial charge in [0.15, 0.2) is 17.7 Å². The zero-order valence-electron chi connectivity index (χ0n) is 37.0. The average Bonchev–Trinajstić information content (AvgIpc) is 3.69. The van der Waals surface area contributed by atoms with Gasteiger partial charge in [-0.1, -0.05) is 34.6 Å². The Morgan fingerprint density at radius 2 is 1.66 bits per heavy atom. The van der Waals surface area contributed by atoms with E-state index >= 15 is 4.39 Å². The molecule has 1 amide bonds. The van der Waals surface area contributed by atoms with Gasteiger partial charge in [0.2, 0.25) is 0 Å². The third-order valence-corrected chi connectivity index (χ3v) is 13.3. The lowest BCUT2D eigenvalue weighted by Gasteiger charge is -2.46. The topological polar surface area (TPSA) is 168 Å². The Labute approximate surface area is 348 Å². The maximum absolute atomic E-state index is 16.9. The van der Waals surface area contributed by atoms with E-state index in [1.54, 1.807) is 34.6 Å². The van der Waals surface area contributed by atoms with E-state index < -0.39 is 89.2 Å². The van der Waals surface area contributed by atoms with Gasteiger partial charge in [0.25, 0.3) is 5.67 Å². The van der Waals surface area contributed by atoms with E-state index in [2.05, 4.69) is 40.8 Å². The largest absolute Gasteiger partial charge is 0.455 e. The number of carbonyl (C=O) groups is 4. The van der Waals surface area contributed by atoms with Crippen LogP contribution in [0.3, 0.4) is 0 Å². The molecule has 0 spiro atoms. The Morgan fingerprint density at radius 1 is 1.00 bits per heavy atom. The number of hydrogen-bond donors (Lipinski definition) is 2. The number of aliphatic hydroxyl groups excluding tert-OH is 1. The fourth-order valence-corrected chi connectivity index (χ4v) is 9.74. The van der Waals surface area contributed by atoms with Crippen molar-refractivity contribution in [2.45, 2.75) is 174 Å². The molecule has 2 aromatic rings. The molecule has 0 radical (unpaired) electrons. The summed E-state index contributed by atoms with van der Waals surface area (Å²) in [6, 6.07) is 2.87. The summed E-state index contributed by atoms with van der Waals surface area (Å²) in [5.74, 6) is -5.75. The first-order chi connectivity index (χ1) is 27.6. The summed E-state index contributed by atoms with van der Waals surface area (Å²) >= 11 is 0. The third kappa shape index (κ3) is 9.10. The second-order valence-electron chi connectivity index (χ2n) is 17.8. The number of alkyl halides is 1. The molecule has 0 aliphatic carbocycles. The summed E-state index contributed by atoms with van der Waals surface area (Å²) < 4.78 is 49.6. The number of amides is 1. The number of carbonyl (C=O) groups excluding carboxylic acids is 4. The fourth-order valence-electron chi connectivity index (χ4n) is 9.74. The lowest BCUT2D eigenvalue weighted by atomic mass is 9.73. The number of ketones is 2. The quantitative estimate of drug-likeness (QED) is 0.160. The lowest BCUT2D eigenvalue weighted by Crippen LogP contribution is -2.62. The molecule has 1 unspecified atom stereocenters. The number of nitrogens with zero attached hydrogens (tertiary/aromatic N) is 3. The number of aromatic nitrogens is 2. The average molecular weight is 831 g/mol. The highest BCUT2D eigenvalue weighted by Crippen LogP contribution is 2.43. The highest BCUT2D eigenvalue weighted by atomic mass is 19.1. The zero-order chi connectivity index (χ0) is 43.8. The summed E-state index contributed by atoms with van der Waals surface area (Å²) in [4.78, 5) is 62.9. The van der Waals surface area contributed by atoms with Crippen LogP contribution in [0.25, 0.3) is 11.0 Å². The van der Waals surface area contributed by atoms with Gasteiger partial charge in [0.1, 0.15) is 18.0 Å². The number of esters is 1. The molecule has 13 atom stereocenters. The van der Waals surface area contributed by atoms with Crippen LogP contribution < -0.4 is 5.32 Å². The van der Waals surface area contributed by atoms with Crippen LogP contribution >= 0.6 is 0 Å². The van der Waals surface area contributed by atoms with Gasteiger partial charge in [-0.05, 0) is 103 Å². The SMILES string of the molecule is CCN[C@H]1C[C@@H](C)O[C@@H](O[C@@H]2[C@H](C)C(=O)[C@](C)(F)C(=O)O[C@H](CC)[C@@]3(C)OC(=O)N(CCCCn4cnc5cc(C)c(C)cc54)C3[C@@H](C)C(=O)[C@H](C)C[C@@]2(C)OC)[C@H]1O. The van der Waals surface area contributed by atoms with Crippen molar-refractivity contribution in [2.75, 3.05) is 20.2 Å². The van der Waals surface area contributed by atoms with Gasteiger partial charge >= 0.3 is 12.1 Å². The monoisotopic (exact) mass is 830 g/mol. The molecule has 5 rings (SSSR count). The van der Waals surface area contributed by atoms with Crippen molar-refractivity contribution in [3.05, 3.63) is 29.6 Å². The van der Waals surface area contributed by atoms with Crippen molar-refractivity contribution in [1.82, 2.24) is 19.8 Å². The number of fused-ring (bicyclic) bond motifs is 2. The number of Topliss-reactive ketones (excluding diaryl/α,β-unsaturated/α-hetero) is 2. The predicted octanol–water partition coefficient (Wildman–Crippen LogP) is 5.78. The van der Waals surface area contributed by atoms with Crippen LogP contribution in [0.5, 0.6) is 0 Å². The predicted molar refractivity (Wildman–Crippen MR) is 218 cm³/mol. The number of methoxy groups -OCH3 is 1. The molecule has 59 heavy (non-hydrogen) atoms. The summed E-state index contributed by atoms with van der Waals surface area (Å²) in [5, 5.41) is 14.6. The van der Waals surface area contributed by atoms with Crippen LogP contribution in [0.15, 0.2) is 18.5 Å². The molecule has 3 saturated heterocycles. The zero-order valence-corrected chi connectivity index (χ0v) is 37.0. The van der Waals surface area contributed by atoms with Gasteiger partial charge in [-0.3, -0.25) is 9.59 Å². The van der Waals surface area contributed by atoms with Crippen LogP contribution in [-0.2, 0) is 44.6 Å². The van der Waals surface area contributed by atoms with Gasteiger partial charge in [-0.25, -0.2) is 19.0 Å². The molecular weight excluding hydrogens is 763 g/mol. The van der Waals surface area contributed by atoms with E-state index in [9.17, 15) is 24.3 Å². The Bertz CT molecular complexity index is 1850. The molecule has 330 valence electrons. The van der Waals surface area contributed by atoms with Crippen molar-refractivity contribution in [1.29, 1.82) is 0 Å². The fraction of sp³-hybridized carbons (Fsp3) is 0.750. The first-order valence-corrected chi connectivity index (χ1v) is 21.3. The molecule has 15 heteroatoms. The van der Waals surface area contributed by atoms with E-state index in [4.69, 9.17) is 23.7 Å². The van der Waals surface area contributed by atoms with Crippen molar-refractivity contribution in [3.8, 4) is 0 Å². The van der Waals surface area contributed by atoms with Crippen LogP contribution in [0.1, 0.15) is 106 Å². The standard InChI is InChI=1S/C44H67FN4O10/c1-13-33-44(11)36(49(41(54)59-44)18-16-15-17-48-23-47-30-19-24(3)25(4)20-32(30)48)28(7)34(50)26(5)22-42(9,55-12)38(29(8)37(52)43(10,45)40(53)57-33)58-39-35(51)31(46-14-2)21-27(6)56-39/h19-20,23,26-29,31,33,35-36,38-39,46,51H,13-18,21-22H2,1-12H3/t26-,27-,28+,29-,31+,33-,35+,36?,38-,39+,42-,43+,44-/m1/s1. The van der Waals surface area contributed by atoms with E-state index in [-0.39, 0.29) is 31.3 Å². The molecule has 1 aromatic heterocycles. The Morgan fingerprint density at radius 3 is 2.31 bits per heavy atom. The normalized spacial score (nSPS) is 37.6. The number of benzene rings is 1. The van der Waals surface area contributed by atoms with E-state index in [1.165, 1.54) is 18.9 Å². The molecule has 1 aromatic carbocycles. The van der Waals surface area contributed by atoms with Gasteiger partial charge in [0, 0.05) is 44.0 Å². The van der Waals surface area contributed by atoms with Crippen molar-refractivity contribution in [3.63, 3.8) is 0 Å². The van der Waals surface area contributed by atoms with Gasteiger partial charge in [-0.2, -0.15) is 0 Å². The summed E-state index contributed by atoms with van der Waals surface area (Å²) in [5.41, 5.74) is -1.95. The Balaban J connectivity index is 1.48. The Kier molecular flexibility index (Phi) is 14.4. The minimum absolute atomic E-state index is 0.00468. The summed E-state index contributed by atoms with van der Waals surface area (Å²) in [6.07, 6.45) is -2.31. The van der Waals surface area contributed by atoms with Crippen LogP contribution in [0.4, 0.5) is 9.18 Å². The summed E-state index contributed by atoms with van der Waals surface area (Å²) in [6.45, 7) is 20.1. The van der Waals surface area contributed by atoms with Crippen molar-refractivity contribution < 1.29 is 52.4 Å². The number of aryl methyl sites for hydroxylation is 3. The van der Waals surface area contributed by atoms with E-state index in [0.717, 1.165) is 29.1 Å². The number of likely N-dealkylation sites (N-methyl/N-ethyl adjacent to an activating group) is 1. The molecule has 0 bridgehead atoms. The number of unbranched alkanes of at least 4 members (excludes halogenated alkanes) is 1. The molecule has 2 N–H and O–H groups in total. The van der Waals surface area contributed by atoms with Crippen molar-refractivity contribution in [2.24, 2.45) is 17.8 Å². The molecule has 14 nitrogen and oxygen atoms in total. The number of nitrogens with one attached hydrogen (secondary N) is 1. The minimum atomic E-state index is -3.17. The number of imidazole rings is 1. The molecule has 4 heterocycles. The smallest absolute Gasteiger partial charge is 0.410 e. The van der Waals surface area contributed by atoms with E-state index in [1.807, 2.05) is 20.2 Å². The highest BCUT2D eigenvalue weighted by molar-refractivity contribution is 6.08. The second-order valence-corrected chi connectivity index (χ2v) is 17.8. The van der Waals surface area contributed by atoms with Gasteiger partial charge in [-0.15, -0.1) is 0 Å². The number of cyclic esters (lactones) is 1. The molecular formula is C44H67FN4O10. The van der Waals surface area contributed by atoms with Crippen LogP contribution in [0.2, 0.25) is 0 Å². The van der Waals surface area contributed by atoms with Gasteiger partial charge < -0.3 is 43.6 Å². The maximum atomic E-state index is 16.9. The number of hydrogen-bond acceptors (Lipinski definition) is 12.